The Morgan fingerprint density at radius 3 is 2.93 bits per heavy atom. The van der Waals surface area contributed by atoms with Gasteiger partial charge in [0.25, 0.3) is 0 Å². The van der Waals surface area contributed by atoms with Crippen LogP contribution in [0.2, 0.25) is 0 Å². The molecular formula is C11H18N2S. The molecule has 1 fully saturated rings. The lowest BCUT2D eigenvalue weighted by molar-refractivity contribution is 0.308. The molecular weight excluding hydrogens is 192 g/mol. The molecule has 1 saturated carbocycles. The standard InChI is InChI=1S/C11H18N2S/c1-8-4-2-5-9(8)11(13-12)10-6-3-7-14-10/h3,6-9,11,13H,2,4-5,12H2,1H3. The van der Waals surface area contributed by atoms with E-state index in [0.29, 0.717) is 6.04 Å². The molecule has 0 aromatic carbocycles. The fraction of sp³-hybridized carbons (Fsp3) is 0.636. The Balaban J connectivity index is 2.13. The monoisotopic (exact) mass is 210 g/mol. The Hall–Kier alpha value is -0.380. The third-order valence-corrected chi connectivity index (χ3v) is 4.34. The van der Waals surface area contributed by atoms with E-state index in [-0.39, 0.29) is 0 Å². The minimum absolute atomic E-state index is 0.368. The number of hydrogen-bond donors (Lipinski definition) is 2. The van der Waals surface area contributed by atoms with Crippen LogP contribution >= 0.6 is 11.3 Å². The van der Waals surface area contributed by atoms with Gasteiger partial charge in [-0.15, -0.1) is 11.3 Å². The highest BCUT2D eigenvalue weighted by atomic mass is 32.1. The van der Waals surface area contributed by atoms with Crippen LogP contribution in [0.1, 0.15) is 37.1 Å². The van der Waals surface area contributed by atoms with E-state index in [2.05, 4.69) is 29.9 Å². The summed E-state index contributed by atoms with van der Waals surface area (Å²) in [6, 6.07) is 4.65. The van der Waals surface area contributed by atoms with E-state index in [1.807, 2.05) is 0 Å². The fourth-order valence-electron chi connectivity index (χ4n) is 2.55. The molecule has 0 radical (unpaired) electrons. The van der Waals surface area contributed by atoms with Gasteiger partial charge in [-0.25, -0.2) is 0 Å². The average Bonchev–Trinajstić information content (AvgIpc) is 2.80. The number of nitrogens with two attached hydrogens (primary N) is 1. The molecule has 1 aliphatic rings. The zero-order valence-corrected chi connectivity index (χ0v) is 9.39. The van der Waals surface area contributed by atoms with Crippen molar-refractivity contribution in [2.45, 2.75) is 32.2 Å². The SMILES string of the molecule is CC1CCCC1C(NN)c1cccs1. The van der Waals surface area contributed by atoms with Crippen molar-refractivity contribution in [1.82, 2.24) is 5.43 Å². The fourth-order valence-corrected chi connectivity index (χ4v) is 3.42. The van der Waals surface area contributed by atoms with Crippen LogP contribution in [0.5, 0.6) is 0 Å². The molecule has 1 aromatic rings. The lowest BCUT2D eigenvalue weighted by Gasteiger charge is -2.25. The zero-order valence-electron chi connectivity index (χ0n) is 8.57. The minimum Gasteiger partial charge on any atom is -0.271 e. The van der Waals surface area contributed by atoms with Gasteiger partial charge in [-0.3, -0.25) is 11.3 Å². The number of hydrogen-bond acceptors (Lipinski definition) is 3. The van der Waals surface area contributed by atoms with Gasteiger partial charge in [0.15, 0.2) is 0 Å². The summed E-state index contributed by atoms with van der Waals surface area (Å²) in [4.78, 5) is 1.38. The van der Waals surface area contributed by atoms with Crippen molar-refractivity contribution >= 4 is 11.3 Å². The van der Waals surface area contributed by atoms with Gasteiger partial charge in [-0.05, 0) is 29.7 Å². The van der Waals surface area contributed by atoms with Crippen molar-refractivity contribution in [3.05, 3.63) is 22.4 Å². The molecule has 14 heavy (non-hydrogen) atoms. The van der Waals surface area contributed by atoms with Crippen molar-refractivity contribution in [1.29, 1.82) is 0 Å². The van der Waals surface area contributed by atoms with Gasteiger partial charge in [0.1, 0.15) is 0 Å². The summed E-state index contributed by atoms with van der Waals surface area (Å²) in [5.74, 6) is 7.19. The first-order chi connectivity index (χ1) is 6.83. The number of rotatable bonds is 3. The van der Waals surface area contributed by atoms with Crippen LogP contribution in [-0.2, 0) is 0 Å². The van der Waals surface area contributed by atoms with Crippen molar-refractivity contribution in [3.8, 4) is 0 Å². The van der Waals surface area contributed by atoms with E-state index in [0.717, 1.165) is 11.8 Å². The second kappa shape index (κ2) is 4.43. The normalized spacial score (nSPS) is 29.3. The molecule has 0 bridgehead atoms. The Labute approximate surface area is 89.5 Å². The highest BCUT2D eigenvalue weighted by Gasteiger charge is 2.31. The van der Waals surface area contributed by atoms with E-state index in [1.54, 1.807) is 11.3 Å². The van der Waals surface area contributed by atoms with Crippen LogP contribution in [0.3, 0.4) is 0 Å². The summed E-state index contributed by atoms with van der Waals surface area (Å²) in [6.07, 6.45) is 4.03. The van der Waals surface area contributed by atoms with Gasteiger partial charge in [0, 0.05) is 4.88 Å². The van der Waals surface area contributed by atoms with Crippen LogP contribution in [0.25, 0.3) is 0 Å². The Bertz CT molecular complexity index is 271. The zero-order chi connectivity index (χ0) is 9.97. The number of nitrogens with one attached hydrogen (secondary N) is 1. The van der Waals surface area contributed by atoms with E-state index in [4.69, 9.17) is 5.84 Å². The molecule has 0 saturated heterocycles. The molecule has 3 N–H and O–H groups in total. The molecule has 2 nitrogen and oxygen atoms in total. The molecule has 0 spiro atoms. The molecule has 2 rings (SSSR count). The average molecular weight is 210 g/mol. The first-order valence-electron chi connectivity index (χ1n) is 5.32. The van der Waals surface area contributed by atoms with Gasteiger partial charge in [-0.2, -0.15) is 0 Å². The van der Waals surface area contributed by atoms with Gasteiger partial charge in [-0.1, -0.05) is 25.8 Å². The lowest BCUT2D eigenvalue weighted by atomic mass is 9.90. The Morgan fingerprint density at radius 2 is 2.43 bits per heavy atom. The largest absolute Gasteiger partial charge is 0.271 e. The van der Waals surface area contributed by atoms with Crippen molar-refractivity contribution < 1.29 is 0 Å². The van der Waals surface area contributed by atoms with Crippen molar-refractivity contribution in [3.63, 3.8) is 0 Å². The smallest absolute Gasteiger partial charge is 0.0583 e. The molecule has 3 unspecified atom stereocenters. The topological polar surface area (TPSA) is 38.0 Å². The second-order valence-electron chi connectivity index (χ2n) is 4.23. The van der Waals surface area contributed by atoms with Crippen molar-refractivity contribution in [2.75, 3.05) is 0 Å². The van der Waals surface area contributed by atoms with Gasteiger partial charge < -0.3 is 0 Å². The second-order valence-corrected chi connectivity index (χ2v) is 5.21. The van der Waals surface area contributed by atoms with E-state index in [9.17, 15) is 0 Å². The third-order valence-electron chi connectivity index (χ3n) is 3.39. The third kappa shape index (κ3) is 1.85. The summed E-state index contributed by atoms with van der Waals surface area (Å²) in [6.45, 7) is 2.34. The maximum atomic E-state index is 5.66. The van der Waals surface area contributed by atoms with Gasteiger partial charge in [0.05, 0.1) is 6.04 Å². The molecule has 1 heterocycles. The van der Waals surface area contributed by atoms with Crippen LogP contribution in [0.4, 0.5) is 0 Å². The van der Waals surface area contributed by atoms with Crippen LogP contribution in [0.15, 0.2) is 17.5 Å². The highest BCUT2D eigenvalue weighted by molar-refractivity contribution is 7.10. The number of thiophene rings is 1. The predicted octanol–water partition coefficient (Wildman–Crippen LogP) is 2.69. The Morgan fingerprint density at radius 1 is 1.57 bits per heavy atom. The lowest BCUT2D eigenvalue weighted by Crippen LogP contribution is -2.34. The molecule has 3 heteroatoms. The van der Waals surface area contributed by atoms with E-state index < -0.39 is 0 Å². The van der Waals surface area contributed by atoms with Crippen LogP contribution in [0, 0.1) is 11.8 Å². The summed E-state index contributed by atoms with van der Waals surface area (Å²) in [5.41, 5.74) is 2.99. The van der Waals surface area contributed by atoms with Gasteiger partial charge in [0.2, 0.25) is 0 Å². The summed E-state index contributed by atoms with van der Waals surface area (Å²) < 4.78 is 0. The maximum Gasteiger partial charge on any atom is 0.0583 e. The Kier molecular flexibility index (Phi) is 3.21. The van der Waals surface area contributed by atoms with E-state index in [1.165, 1.54) is 24.1 Å². The maximum absolute atomic E-state index is 5.66. The summed E-state index contributed by atoms with van der Waals surface area (Å²) >= 11 is 1.80. The first-order valence-corrected chi connectivity index (χ1v) is 6.20. The van der Waals surface area contributed by atoms with Gasteiger partial charge >= 0.3 is 0 Å². The predicted molar refractivity (Wildman–Crippen MR) is 60.9 cm³/mol. The molecule has 78 valence electrons. The highest BCUT2D eigenvalue weighted by Crippen LogP contribution is 2.40. The summed E-state index contributed by atoms with van der Waals surface area (Å²) in [5, 5.41) is 2.12. The quantitative estimate of drug-likeness (QED) is 0.594. The molecule has 1 aliphatic carbocycles. The number of hydrazine groups is 1. The summed E-state index contributed by atoms with van der Waals surface area (Å²) in [7, 11) is 0. The van der Waals surface area contributed by atoms with Crippen molar-refractivity contribution in [2.24, 2.45) is 17.7 Å². The molecule has 1 aromatic heterocycles. The first kappa shape index (κ1) is 10.1. The van der Waals surface area contributed by atoms with Crippen LogP contribution in [-0.4, -0.2) is 0 Å². The molecule has 3 atom stereocenters. The molecule has 0 aliphatic heterocycles. The van der Waals surface area contributed by atoms with E-state index >= 15 is 0 Å². The van der Waals surface area contributed by atoms with Crippen LogP contribution < -0.4 is 11.3 Å². The minimum atomic E-state index is 0.368. The molecule has 0 amide bonds.